The number of hydrogen-bond donors (Lipinski definition) is 0. The summed E-state index contributed by atoms with van der Waals surface area (Å²) in [6, 6.07) is 8.48. The van der Waals surface area contributed by atoms with Gasteiger partial charge < -0.3 is 9.32 Å². The van der Waals surface area contributed by atoms with Crippen LogP contribution in [0.4, 0.5) is 5.69 Å². The second-order valence-corrected chi connectivity index (χ2v) is 5.89. The Kier molecular flexibility index (Phi) is 4.99. The maximum Gasteiger partial charge on any atom is 0.226 e. The molecule has 1 aromatic heterocycles. The summed E-state index contributed by atoms with van der Waals surface area (Å²) < 4.78 is 6.02. The lowest BCUT2D eigenvalue weighted by molar-refractivity contribution is 0.556. The van der Waals surface area contributed by atoms with E-state index in [1.165, 1.54) is 11.3 Å². The monoisotopic (exact) mass is 320 g/mol. The molecule has 3 nitrogen and oxygen atoms in total. The fraction of sp³-hybridized carbons (Fsp3) is 0.286. The minimum Gasteiger partial charge on any atom is -0.436 e. The predicted molar refractivity (Wildman–Crippen MR) is 101 cm³/mol. The molecule has 0 bridgehead atoms. The van der Waals surface area contributed by atoms with Crippen LogP contribution >= 0.6 is 0 Å². The molecule has 0 saturated carbocycles. The van der Waals surface area contributed by atoms with E-state index in [9.17, 15) is 0 Å². The second kappa shape index (κ2) is 7.35. The SMILES string of the molecule is CCN(CC)c1ccc(-c2cnc(C3=C(C)C=CCC=C3)o2)cc1. The molecule has 0 atom stereocenters. The zero-order valence-corrected chi connectivity index (χ0v) is 14.6. The maximum absolute atomic E-state index is 6.02. The van der Waals surface area contributed by atoms with Crippen LogP contribution in [0, 0.1) is 0 Å². The van der Waals surface area contributed by atoms with Gasteiger partial charge in [-0.05, 0) is 57.0 Å². The van der Waals surface area contributed by atoms with E-state index < -0.39 is 0 Å². The summed E-state index contributed by atoms with van der Waals surface area (Å²) in [6.07, 6.45) is 11.2. The molecule has 0 N–H and O–H groups in total. The quantitative estimate of drug-likeness (QED) is 0.730. The molecule has 0 amide bonds. The van der Waals surface area contributed by atoms with Crippen molar-refractivity contribution in [2.24, 2.45) is 0 Å². The van der Waals surface area contributed by atoms with Gasteiger partial charge in [-0.2, -0.15) is 0 Å². The molecule has 0 spiro atoms. The third-order valence-electron chi connectivity index (χ3n) is 4.37. The first-order valence-electron chi connectivity index (χ1n) is 8.58. The Morgan fingerprint density at radius 2 is 1.75 bits per heavy atom. The van der Waals surface area contributed by atoms with E-state index in [1.807, 2.05) is 6.20 Å². The summed E-state index contributed by atoms with van der Waals surface area (Å²) in [5.41, 5.74) is 4.51. The van der Waals surface area contributed by atoms with E-state index in [0.29, 0.717) is 5.89 Å². The molecule has 1 aromatic carbocycles. The second-order valence-electron chi connectivity index (χ2n) is 5.89. The van der Waals surface area contributed by atoms with Crippen LogP contribution < -0.4 is 4.90 Å². The number of hydrogen-bond acceptors (Lipinski definition) is 3. The average molecular weight is 320 g/mol. The molecule has 2 aromatic rings. The molecule has 0 saturated heterocycles. The molecule has 24 heavy (non-hydrogen) atoms. The number of aromatic nitrogens is 1. The highest BCUT2D eigenvalue weighted by Gasteiger charge is 2.12. The zero-order chi connectivity index (χ0) is 16.9. The van der Waals surface area contributed by atoms with E-state index in [0.717, 1.165) is 36.4 Å². The van der Waals surface area contributed by atoms with Gasteiger partial charge >= 0.3 is 0 Å². The largest absolute Gasteiger partial charge is 0.436 e. The van der Waals surface area contributed by atoms with E-state index >= 15 is 0 Å². The summed E-state index contributed by atoms with van der Waals surface area (Å²) in [4.78, 5) is 6.80. The van der Waals surface area contributed by atoms with E-state index in [-0.39, 0.29) is 0 Å². The normalized spacial score (nSPS) is 14.1. The van der Waals surface area contributed by atoms with Crippen LogP contribution in [0.25, 0.3) is 16.9 Å². The van der Waals surface area contributed by atoms with Gasteiger partial charge in [-0.15, -0.1) is 0 Å². The number of rotatable bonds is 5. The van der Waals surface area contributed by atoms with Crippen LogP contribution in [-0.4, -0.2) is 18.1 Å². The standard InChI is InChI=1S/C21H24N2O/c1-4-23(5-2)18-13-11-17(12-14-18)20-15-22-21(24-20)19-10-8-6-7-9-16(19)3/h7-15H,4-6H2,1-3H3. The van der Waals surface area contributed by atoms with Crippen molar-refractivity contribution in [1.29, 1.82) is 0 Å². The Hall–Kier alpha value is -2.55. The van der Waals surface area contributed by atoms with Crippen LogP contribution in [0.2, 0.25) is 0 Å². The van der Waals surface area contributed by atoms with Crippen molar-refractivity contribution < 1.29 is 4.42 Å². The van der Waals surface area contributed by atoms with Gasteiger partial charge in [0.05, 0.1) is 6.20 Å². The first-order valence-corrected chi connectivity index (χ1v) is 8.58. The lowest BCUT2D eigenvalue weighted by atomic mass is 10.1. The van der Waals surface area contributed by atoms with Crippen molar-refractivity contribution in [3.8, 4) is 11.3 Å². The van der Waals surface area contributed by atoms with Crippen LogP contribution in [0.1, 0.15) is 33.1 Å². The molecular formula is C21H24N2O. The van der Waals surface area contributed by atoms with Gasteiger partial charge in [-0.3, -0.25) is 0 Å². The lowest BCUT2D eigenvalue weighted by Gasteiger charge is -2.20. The van der Waals surface area contributed by atoms with Gasteiger partial charge in [0.1, 0.15) is 0 Å². The topological polar surface area (TPSA) is 29.3 Å². The smallest absolute Gasteiger partial charge is 0.226 e. The number of anilines is 1. The Labute approximate surface area is 144 Å². The first-order chi connectivity index (χ1) is 11.7. The molecule has 1 heterocycles. The van der Waals surface area contributed by atoms with Crippen molar-refractivity contribution in [3.05, 3.63) is 66.2 Å². The lowest BCUT2D eigenvalue weighted by Crippen LogP contribution is -2.21. The van der Waals surface area contributed by atoms with E-state index in [1.54, 1.807) is 0 Å². The van der Waals surface area contributed by atoms with Crippen molar-refractivity contribution in [1.82, 2.24) is 4.98 Å². The summed E-state index contributed by atoms with van der Waals surface area (Å²) in [5.74, 6) is 1.48. The van der Waals surface area contributed by atoms with Crippen LogP contribution in [0.15, 0.2) is 64.8 Å². The highest BCUT2D eigenvalue weighted by molar-refractivity contribution is 5.75. The molecule has 0 fully saturated rings. The summed E-state index contributed by atoms with van der Waals surface area (Å²) >= 11 is 0. The molecule has 0 radical (unpaired) electrons. The predicted octanol–water partition coefficient (Wildman–Crippen LogP) is 5.48. The number of oxazole rings is 1. The minimum atomic E-state index is 0.679. The molecule has 3 heteroatoms. The number of allylic oxidation sites excluding steroid dienone is 6. The van der Waals surface area contributed by atoms with Gasteiger partial charge in [-0.1, -0.05) is 24.3 Å². The summed E-state index contributed by atoms with van der Waals surface area (Å²) in [5, 5.41) is 0. The third-order valence-corrected chi connectivity index (χ3v) is 4.37. The highest BCUT2D eigenvalue weighted by Crippen LogP contribution is 2.28. The van der Waals surface area contributed by atoms with Gasteiger partial charge in [-0.25, -0.2) is 4.98 Å². The molecule has 0 unspecified atom stereocenters. The zero-order valence-electron chi connectivity index (χ0n) is 14.6. The fourth-order valence-corrected chi connectivity index (χ4v) is 2.93. The van der Waals surface area contributed by atoms with Crippen LogP contribution in [-0.2, 0) is 0 Å². The van der Waals surface area contributed by atoms with Crippen LogP contribution in [0.3, 0.4) is 0 Å². The molecular weight excluding hydrogens is 296 g/mol. The van der Waals surface area contributed by atoms with Gasteiger partial charge in [0.15, 0.2) is 5.76 Å². The fourth-order valence-electron chi connectivity index (χ4n) is 2.93. The summed E-state index contributed by atoms with van der Waals surface area (Å²) in [6.45, 7) is 8.45. The van der Waals surface area contributed by atoms with E-state index in [4.69, 9.17) is 4.42 Å². The Morgan fingerprint density at radius 1 is 1.04 bits per heavy atom. The molecule has 0 aliphatic heterocycles. The van der Waals surface area contributed by atoms with Crippen molar-refractivity contribution in [3.63, 3.8) is 0 Å². The van der Waals surface area contributed by atoms with Gasteiger partial charge in [0, 0.05) is 29.9 Å². The van der Waals surface area contributed by atoms with Crippen molar-refractivity contribution in [2.75, 3.05) is 18.0 Å². The van der Waals surface area contributed by atoms with Gasteiger partial charge in [0.25, 0.3) is 0 Å². The Balaban J connectivity index is 1.87. The third kappa shape index (κ3) is 3.35. The molecule has 3 rings (SSSR count). The highest BCUT2D eigenvalue weighted by atomic mass is 16.4. The molecule has 124 valence electrons. The van der Waals surface area contributed by atoms with Crippen molar-refractivity contribution >= 4 is 11.3 Å². The van der Waals surface area contributed by atoms with Crippen molar-refractivity contribution in [2.45, 2.75) is 27.2 Å². The molecule has 1 aliphatic carbocycles. The maximum atomic E-state index is 6.02. The first kappa shape index (κ1) is 16.3. The summed E-state index contributed by atoms with van der Waals surface area (Å²) in [7, 11) is 0. The van der Waals surface area contributed by atoms with Crippen LogP contribution in [0.5, 0.6) is 0 Å². The average Bonchev–Trinajstić information content (AvgIpc) is 2.99. The minimum absolute atomic E-state index is 0.679. The number of benzene rings is 1. The van der Waals surface area contributed by atoms with Gasteiger partial charge in [0.2, 0.25) is 5.89 Å². The van der Waals surface area contributed by atoms with E-state index in [2.05, 4.69) is 79.2 Å². The molecule has 1 aliphatic rings. The number of nitrogens with zero attached hydrogens (tertiary/aromatic N) is 2. The Morgan fingerprint density at radius 3 is 2.46 bits per heavy atom. The Bertz CT molecular complexity index is 774.